The van der Waals surface area contributed by atoms with Gasteiger partial charge >= 0.3 is 6.09 Å². The minimum Gasteiger partial charge on any atom is -0.475 e. The maximum absolute atomic E-state index is 13.3. The number of aromatic nitrogens is 2. The third-order valence-electron chi connectivity index (χ3n) is 7.86. The second-order valence-corrected chi connectivity index (χ2v) is 14.3. The molecule has 4 rings (SSSR count). The number of nitrogens with zero attached hydrogens (tertiary/aromatic N) is 4. The number of carbonyl (C=O) groups is 2. The summed E-state index contributed by atoms with van der Waals surface area (Å²) in [6.07, 6.45) is 1.47. The lowest BCUT2D eigenvalue weighted by Gasteiger charge is -2.34. The number of benzene rings is 2. The lowest BCUT2D eigenvalue weighted by atomic mass is 10.00. The minimum atomic E-state index is -3.99. The van der Waals surface area contributed by atoms with Crippen LogP contribution in [-0.4, -0.2) is 78.6 Å². The second kappa shape index (κ2) is 14.9. The van der Waals surface area contributed by atoms with Crippen molar-refractivity contribution in [3.8, 4) is 17.1 Å². The van der Waals surface area contributed by atoms with Crippen LogP contribution in [0.1, 0.15) is 57.2 Å². The van der Waals surface area contributed by atoms with Gasteiger partial charge in [0.25, 0.3) is 10.0 Å². The van der Waals surface area contributed by atoms with Crippen LogP contribution in [0.25, 0.3) is 11.3 Å². The van der Waals surface area contributed by atoms with E-state index in [1.807, 2.05) is 45.0 Å². The highest BCUT2D eigenvalue weighted by atomic mass is 32.2. The molecular formula is C34H45N5O6S. The molecule has 0 spiro atoms. The molecule has 0 radical (unpaired) electrons. The van der Waals surface area contributed by atoms with E-state index in [2.05, 4.69) is 28.5 Å². The fourth-order valence-corrected chi connectivity index (χ4v) is 6.80. The molecule has 46 heavy (non-hydrogen) atoms. The van der Waals surface area contributed by atoms with Gasteiger partial charge in [-0.15, -0.1) is 0 Å². The summed E-state index contributed by atoms with van der Waals surface area (Å²) in [6.45, 7) is 14.5. The Morgan fingerprint density at radius 2 is 1.76 bits per heavy atom. The minimum absolute atomic E-state index is 0.0950. The summed E-state index contributed by atoms with van der Waals surface area (Å²) in [5.74, 6) is 0.286. The monoisotopic (exact) mass is 651 g/mol. The molecule has 1 aliphatic rings. The Labute approximate surface area is 272 Å². The highest BCUT2D eigenvalue weighted by Gasteiger charge is 2.35. The van der Waals surface area contributed by atoms with Gasteiger partial charge in [-0.05, 0) is 82.2 Å². The number of likely N-dealkylation sites (tertiary alicyclic amines) is 1. The molecule has 0 unspecified atom stereocenters. The fraction of sp³-hybridized carbons (Fsp3) is 0.471. The molecular weight excluding hydrogens is 606 g/mol. The first-order chi connectivity index (χ1) is 21.8. The number of aryl methyl sites for hydroxylation is 3. The Balaban J connectivity index is 1.64. The van der Waals surface area contributed by atoms with Crippen molar-refractivity contribution in [1.29, 1.82) is 0 Å². The molecule has 1 fully saturated rings. The van der Waals surface area contributed by atoms with E-state index in [1.165, 1.54) is 6.07 Å². The number of amides is 2. The summed E-state index contributed by atoms with van der Waals surface area (Å²) in [4.78, 5) is 37.5. The quantitative estimate of drug-likeness (QED) is 0.232. The Morgan fingerprint density at radius 1 is 1.07 bits per heavy atom. The Kier molecular flexibility index (Phi) is 11.3. The zero-order valence-electron chi connectivity index (χ0n) is 27.7. The number of nitrogens with one attached hydrogen (secondary N) is 1. The summed E-state index contributed by atoms with van der Waals surface area (Å²) in [5.41, 5.74) is 4.08. The second-order valence-electron chi connectivity index (χ2n) is 12.6. The van der Waals surface area contributed by atoms with Gasteiger partial charge in [0, 0.05) is 24.7 Å². The molecule has 1 N–H and O–H groups in total. The van der Waals surface area contributed by atoms with Crippen LogP contribution in [0.3, 0.4) is 0 Å². The standard InChI is InChI=1S/C34H45N5O6S/c1-22(2)16-28(39(21-40)27-14-15-38(19-27)34(41)45-23(3)4)20-44-31-18-30(32-25(6)11-9-12-26(32)7)35-33(36-31)37-46(42,43)29-13-8-10-24(5)17-29/h8-13,17-18,21-23,27-28H,14-16,19-20H2,1-7H3,(H,35,36,37)/t27-,28+/m0/s1. The number of anilines is 1. The van der Waals surface area contributed by atoms with E-state index < -0.39 is 10.0 Å². The van der Waals surface area contributed by atoms with Gasteiger partial charge in [-0.1, -0.05) is 44.2 Å². The fourth-order valence-electron chi connectivity index (χ4n) is 5.75. The Bertz CT molecular complexity index is 1620. The van der Waals surface area contributed by atoms with Crippen molar-refractivity contribution in [3.63, 3.8) is 0 Å². The van der Waals surface area contributed by atoms with Crippen molar-refractivity contribution in [2.24, 2.45) is 5.92 Å². The predicted molar refractivity (Wildman–Crippen MR) is 177 cm³/mol. The molecule has 248 valence electrons. The van der Waals surface area contributed by atoms with Crippen LogP contribution in [0.5, 0.6) is 5.88 Å². The molecule has 2 heterocycles. The van der Waals surface area contributed by atoms with Crippen LogP contribution in [0.2, 0.25) is 0 Å². The van der Waals surface area contributed by atoms with E-state index in [0.717, 1.165) is 28.7 Å². The van der Waals surface area contributed by atoms with Crippen LogP contribution in [0.15, 0.2) is 53.4 Å². The maximum Gasteiger partial charge on any atom is 0.410 e. The van der Waals surface area contributed by atoms with Gasteiger partial charge < -0.3 is 19.3 Å². The van der Waals surface area contributed by atoms with E-state index in [9.17, 15) is 18.0 Å². The number of hydrogen-bond acceptors (Lipinski definition) is 8. The number of rotatable bonds is 13. The third kappa shape index (κ3) is 8.74. The van der Waals surface area contributed by atoms with E-state index in [1.54, 1.807) is 41.8 Å². The maximum atomic E-state index is 13.3. The van der Waals surface area contributed by atoms with E-state index >= 15 is 0 Å². The van der Waals surface area contributed by atoms with Crippen molar-refractivity contribution in [2.45, 2.75) is 84.4 Å². The number of sulfonamides is 1. The molecule has 2 aromatic carbocycles. The molecule has 2 atom stereocenters. The van der Waals surface area contributed by atoms with Crippen molar-refractivity contribution in [3.05, 3.63) is 65.2 Å². The topological polar surface area (TPSA) is 131 Å². The smallest absolute Gasteiger partial charge is 0.410 e. The average molecular weight is 652 g/mol. The number of ether oxygens (including phenoxy) is 2. The van der Waals surface area contributed by atoms with Crippen molar-refractivity contribution in [1.82, 2.24) is 19.8 Å². The van der Waals surface area contributed by atoms with Gasteiger partial charge in [0.05, 0.1) is 28.8 Å². The lowest BCUT2D eigenvalue weighted by Crippen LogP contribution is -2.47. The summed E-state index contributed by atoms with van der Waals surface area (Å²) >= 11 is 0. The molecule has 0 saturated carbocycles. The van der Waals surface area contributed by atoms with Crippen molar-refractivity contribution in [2.75, 3.05) is 24.4 Å². The average Bonchev–Trinajstić information content (AvgIpc) is 3.45. The Morgan fingerprint density at radius 3 is 2.39 bits per heavy atom. The zero-order valence-corrected chi connectivity index (χ0v) is 28.5. The largest absolute Gasteiger partial charge is 0.475 e. The number of carbonyl (C=O) groups excluding carboxylic acids is 2. The summed E-state index contributed by atoms with van der Waals surface area (Å²) in [6, 6.07) is 13.6. The van der Waals surface area contributed by atoms with Gasteiger partial charge in [-0.25, -0.2) is 22.9 Å². The van der Waals surface area contributed by atoms with Crippen LogP contribution < -0.4 is 9.46 Å². The first kappa shape index (κ1) is 34.7. The molecule has 11 nitrogen and oxygen atoms in total. The highest BCUT2D eigenvalue weighted by Crippen LogP contribution is 2.30. The Hall–Kier alpha value is -4.19. The van der Waals surface area contributed by atoms with Crippen LogP contribution in [0, 0.1) is 26.7 Å². The molecule has 3 aromatic rings. The van der Waals surface area contributed by atoms with Gasteiger partial charge in [0.1, 0.15) is 6.61 Å². The van der Waals surface area contributed by atoms with Crippen LogP contribution in [-0.2, 0) is 19.6 Å². The SMILES string of the molecule is Cc1cccc(S(=O)(=O)Nc2nc(OC[C@@H](CC(C)C)N(C=O)[C@H]3CCN(C(=O)OC(C)C)C3)cc(-c3c(C)cccc3C)n2)c1. The predicted octanol–water partition coefficient (Wildman–Crippen LogP) is 5.74. The summed E-state index contributed by atoms with van der Waals surface area (Å²) in [7, 11) is -3.99. The van der Waals surface area contributed by atoms with E-state index in [-0.39, 0.29) is 53.5 Å². The molecule has 12 heteroatoms. The van der Waals surface area contributed by atoms with Crippen LogP contribution >= 0.6 is 0 Å². The van der Waals surface area contributed by atoms with Gasteiger partial charge in [0.2, 0.25) is 18.2 Å². The molecule has 1 aromatic heterocycles. The van der Waals surface area contributed by atoms with Gasteiger partial charge in [0.15, 0.2) is 0 Å². The summed E-state index contributed by atoms with van der Waals surface area (Å²) < 4.78 is 40.8. The van der Waals surface area contributed by atoms with Crippen molar-refractivity contribution >= 4 is 28.5 Å². The van der Waals surface area contributed by atoms with Crippen molar-refractivity contribution < 1.29 is 27.5 Å². The van der Waals surface area contributed by atoms with E-state index in [4.69, 9.17) is 9.47 Å². The zero-order chi connectivity index (χ0) is 33.6. The molecule has 2 amide bonds. The molecule has 1 aliphatic heterocycles. The first-order valence-corrected chi connectivity index (χ1v) is 17.1. The summed E-state index contributed by atoms with van der Waals surface area (Å²) in [5, 5.41) is 0. The van der Waals surface area contributed by atoms with E-state index in [0.29, 0.717) is 31.6 Å². The lowest BCUT2D eigenvalue weighted by molar-refractivity contribution is -0.123. The molecule has 1 saturated heterocycles. The molecule has 0 aliphatic carbocycles. The van der Waals surface area contributed by atoms with Crippen LogP contribution in [0.4, 0.5) is 10.7 Å². The van der Waals surface area contributed by atoms with Gasteiger partial charge in [-0.2, -0.15) is 4.98 Å². The molecule has 0 bridgehead atoms. The normalized spacial score (nSPS) is 15.6. The first-order valence-electron chi connectivity index (χ1n) is 15.6. The highest BCUT2D eigenvalue weighted by molar-refractivity contribution is 7.92. The third-order valence-corrected chi connectivity index (χ3v) is 9.18. The van der Waals surface area contributed by atoms with Gasteiger partial charge in [-0.3, -0.25) is 4.79 Å². The number of hydrogen-bond donors (Lipinski definition) is 1.